The van der Waals surface area contributed by atoms with Gasteiger partial charge >= 0.3 is 0 Å². The number of nitrogens with zero attached hydrogens (tertiary/aromatic N) is 2. The van der Waals surface area contributed by atoms with E-state index in [2.05, 4.69) is 0 Å². The van der Waals surface area contributed by atoms with Gasteiger partial charge in [-0.15, -0.1) is 0 Å². The van der Waals surface area contributed by atoms with E-state index in [0.29, 0.717) is 17.9 Å². The zero-order valence-corrected chi connectivity index (χ0v) is 11.9. The maximum absolute atomic E-state index is 12.0. The van der Waals surface area contributed by atoms with E-state index >= 15 is 0 Å². The van der Waals surface area contributed by atoms with Crippen LogP contribution in [0.15, 0.2) is 41.1 Å². The largest absolute Gasteiger partial charge is 0.482 e. The molecule has 1 heterocycles. The summed E-state index contributed by atoms with van der Waals surface area (Å²) < 4.78 is 5.42. The van der Waals surface area contributed by atoms with Crippen LogP contribution in [0.2, 0.25) is 0 Å². The molecule has 0 aliphatic heterocycles. The second-order valence-corrected chi connectivity index (χ2v) is 5.06. The van der Waals surface area contributed by atoms with E-state index in [1.54, 1.807) is 47.5 Å². The van der Waals surface area contributed by atoms with Gasteiger partial charge in [-0.05, 0) is 34.5 Å². The molecule has 0 atom stereocenters. The molecule has 20 heavy (non-hydrogen) atoms. The predicted octanol–water partition coefficient (Wildman–Crippen LogP) is 2.66. The average Bonchev–Trinajstić information content (AvgIpc) is 2.97. The molecule has 2 aromatic rings. The molecule has 4 nitrogen and oxygen atoms in total. The molecule has 2 rings (SSSR count). The first-order valence-corrected chi connectivity index (χ1v) is 7.02. The van der Waals surface area contributed by atoms with Gasteiger partial charge in [0.2, 0.25) is 0 Å². The molecule has 0 unspecified atom stereocenters. The van der Waals surface area contributed by atoms with E-state index in [0.717, 1.165) is 5.56 Å². The minimum Gasteiger partial charge on any atom is -0.482 e. The van der Waals surface area contributed by atoms with Crippen molar-refractivity contribution in [1.82, 2.24) is 4.90 Å². The number of amides is 1. The fourth-order valence-electron chi connectivity index (χ4n) is 1.68. The van der Waals surface area contributed by atoms with E-state index < -0.39 is 0 Å². The zero-order valence-electron chi connectivity index (χ0n) is 11.1. The lowest BCUT2D eigenvalue weighted by molar-refractivity contribution is -0.132. The number of ether oxygens (including phenoxy) is 1. The summed E-state index contributed by atoms with van der Waals surface area (Å²) in [6.45, 7) is 0.491. The summed E-state index contributed by atoms with van der Waals surface area (Å²) in [6.07, 6.45) is 0. The third kappa shape index (κ3) is 3.59. The van der Waals surface area contributed by atoms with Crippen molar-refractivity contribution in [2.45, 2.75) is 6.54 Å². The van der Waals surface area contributed by atoms with Crippen LogP contribution in [0.1, 0.15) is 11.1 Å². The van der Waals surface area contributed by atoms with Crippen LogP contribution in [0, 0.1) is 11.3 Å². The van der Waals surface area contributed by atoms with E-state index in [1.807, 2.05) is 22.9 Å². The maximum Gasteiger partial charge on any atom is 0.260 e. The predicted molar refractivity (Wildman–Crippen MR) is 77.4 cm³/mol. The fraction of sp³-hybridized carbons (Fsp3) is 0.200. The van der Waals surface area contributed by atoms with Crippen molar-refractivity contribution in [3.05, 3.63) is 52.2 Å². The minimum atomic E-state index is -0.121. The smallest absolute Gasteiger partial charge is 0.260 e. The Labute approximate surface area is 121 Å². The number of carbonyl (C=O) groups excluding carboxylic acids is 1. The Morgan fingerprint density at radius 1 is 1.40 bits per heavy atom. The number of likely N-dealkylation sites (N-methyl/N-ethyl adjacent to an activating group) is 1. The third-order valence-electron chi connectivity index (χ3n) is 2.78. The van der Waals surface area contributed by atoms with Crippen molar-refractivity contribution in [3.63, 3.8) is 0 Å². The molecule has 0 bridgehead atoms. The monoisotopic (exact) mass is 286 g/mol. The normalized spacial score (nSPS) is 9.80. The number of carbonyl (C=O) groups is 1. The highest BCUT2D eigenvalue weighted by molar-refractivity contribution is 7.07. The number of para-hydroxylation sites is 1. The van der Waals surface area contributed by atoms with Gasteiger partial charge in [0.05, 0.1) is 5.56 Å². The molecule has 0 radical (unpaired) electrons. The minimum absolute atomic E-state index is 0.0701. The Bertz CT molecular complexity index is 617. The Hall–Kier alpha value is -2.32. The molecule has 1 aromatic carbocycles. The summed E-state index contributed by atoms with van der Waals surface area (Å²) in [6, 6.07) is 10.9. The highest BCUT2D eigenvalue weighted by Gasteiger charge is 2.11. The summed E-state index contributed by atoms with van der Waals surface area (Å²) in [5, 5.41) is 12.9. The first kappa shape index (κ1) is 14.1. The molecule has 0 aliphatic rings. The Kier molecular flexibility index (Phi) is 4.75. The molecule has 1 aromatic heterocycles. The molecule has 0 saturated heterocycles. The molecular formula is C15H14N2O2S. The summed E-state index contributed by atoms with van der Waals surface area (Å²) in [4.78, 5) is 13.6. The lowest BCUT2D eigenvalue weighted by Gasteiger charge is -2.17. The standard InChI is InChI=1S/C15H14N2O2S/c1-17(9-12-6-7-20-11-12)15(18)10-19-14-5-3-2-4-13(14)8-16/h2-7,11H,9-10H2,1H3. The first-order chi connectivity index (χ1) is 9.70. The van der Waals surface area contributed by atoms with Gasteiger partial charge in [-0.3, -0.25) is 4.79 Å². The number of hydrogen-bond donors (Lipinski definition) is 0. The number of thiophene rings is 1. The van der Waals surface area contributed by atoms with E-state index in [4.69, 9.17) is 10.00 Å². The van der Waals surface area contributed by atoms with Crippen molar-refractivity contribution < 1.29 is 9.53 Å². The Balaban J connectivity index is 1.90. The molecule has 0 aliphatic carbocycles. The second kappa shape index (κ2) is 6.73. The molecule has 0 fully saturated rings. The number of nitriles is 1. The Morgan fingerprint density at radius 2 is 2.20 bits per heavy atom. The fourth-order valence-corrected chi connectivity index (χ4v) is 2.34. The molecule has 0 N–H and O–H groups in total. The number of rotatable bonds is 5. The van der Waals surface area contributed by atoms with Gasteiger partial charge in [0.1, 0.15) is 11.8 Å². The topological polar surface area (TPSA) is 53.3 Å². The van der Waals surface area contributed by atoms with Gasteiger partial charge in [0.15, 0.2) is 6.61 Å². The lowest BCUT2D eigenvalue weighted by atomic mass is 10.2. The molecule has 1 amide bonds. The van der Waals surface area contributed by atoms with Crippen LogP contribution in [0.4, 0.5) is 0 Å². The molecular weight excluding hydrogens is 272 g/mol. The van der Waals surface area contributed by atoms with Crippen molar-refractivity contribution in [2.24, 2.45) is 0 Å². The highest BCUT2D eigenvalue weighted by atomic mass is 32.1. The van der Waals surface area contributed by atoms with Gasteiger partial charge in [-0.1, -0.05) is 12.1 Å². The summed E-state index contributed by atoms with van der Waals surface area (Å²) in [5.41, 5.74) is 1.53. The number of hydrogen-bond acceptors (Lipinski definition) is 4. The van der Waals surface area contributed by atoms with Gasteiger partial charge in [-0.2, -0.15) is 16.6 Å². The van der Waals surface area contributed by atoms with E-state index in [-0.39, 0.29) is 12.5 Å². The van der Waals surface area contributed by atoms with E-state index in [9.17, 15) is 4.79 Å². The summed E-state index contributed by atoms with van der Waals surface area (Å²) in [5.74, 6) is 0.316. The SMILES string of the molecule is CN(Cc1ccsc1)C(=O)COc1ccccc1C#N. The van der Waals surface area contributed by atoms with Crippen LogP contribution in [0.3, 0.4) is 0 Å². The Morgan fingerprint density at radius 3 is 2.90 bits per heavy atom. The quantitative estimate of drug-likeness (QED) is 0.849. The third-order valence-corrected chi connectivity index (χ3v) is 3.52. The molecule has 102 valence electrons. The first-order valence-electron chi connectivity index (χ1n) is 6.07. The van der Waals surface area contributed by atoms with Crippen molar-refractivity contribution in [3.8, 4) is 11.8 Å². The van der Waals surface area contributed by atoms with Crippen LogP contribution >= 0.6 is 11.3 Å². The lowest BCUT2D eigenvalue weighted by Crippen LogP contribution is -2.30. The van der Waals surface area contributed by atoms with Crippen LogP contribution in [-0.4, -0.2) is 24.5 Å². The summed E-state index contributed by atoms with van der Waals surface area (Å²) in [7, 11) is 1.74. The number of benzene rings is 1. The zero-order chi connectivity index (χ0) is 14.4. The van der Waals surface area contributed by atoms with Crippen LogP contribution < -0.4 is 4.74 Å². The van der Waals surface area contributed by atoms with Crippen molar-refractivity contribution >= 4 is 17.2 Å². The van der Waals surface area contributed by atoms with Crippen LogP contribution in [0.25, 0.3) is 0 Å². The second-order valence-electron chi connectivity index (χ2n) is 4.28. The highest BCUT2D eigenvalue weighted by Crippen LogP contribution is 2.16. The molecule has 5 heteroatoms. The maximum atomic E-state index is 12.0. The van der Waals surface area contributed by atoms with Gasteiger partial charge in [-0.25, -0.2) is 0 Å². The average molecular weight is 286 g/mol. The molecule has 0 saturated carbocycles. The van der Waals surface area contributed by atoms with Gasteiger partial charge in [0, 0.05) is 13.6 Å². The van der Waals surface area contributed by atoms with Crippen LogP contribution in [0.5, 0.6) is 5.75 Å². The summed E-state index contributed by atoms with van der Waals surface area (Å²) >= 11 is 1.60. The van der Waals surface area contributed by atoms with E-state index in [1.165, 1.54) is 0 Å². The van der Waals surface area contributed by atoms with Gasteiger partial charge in [0.25, 0.3) is 5.91 Å². The van der Waals surface area contributed by atoms with Crippen molar-refractivity contribution in [2.75, 3.05) is 13.7 Å². The van der Waals surface area contributed by atoms with Crippen molar-refractivity contribution in [1.29, 1.82) is 5.26 Å². The van der Waals surface area contributed by atoms with Gasteiger partial charge < -0.3 is 9.64 Å². The molecule has 0 spiro atoms. The van der Waals surface area contributed by atoms with Crippen LogP contribution in [-0.2, 0) is 11.3 Å².